The fraction of sp³-hybridized carbons (Fsp3) is 0.533. The molecular formula is C15H20N2O4. The molecule has 0 bridgehead atoms. The van der Waals surface area contributed by atoms with Crippen molar-refractivity contribution in [1.29, 1.82) is 0 Å². The topological polar surface area (TPSA) is 81.5 Å². The van der Waals surface area contributed by atoms with Gasteiger partial charge in [0.15, 0.2) is 0 Å². The Balaban J connectivity index is 2.04. The molecule has 0 atom stereocenters. The van der Waals surface area contributed by atoms with Crippen LogP contribution in [0, 0.1) is 16.0 Å². The third-order valence-corrected chi connectivity index (χ3v) is 3.99. The van der Waals surface area contributed by atoms with Gasteiger partial charge in [-0.05, 0) is 51.9 Å². The number of hydrogen-bond donors (Lipinski definition) is 1. The minimum absolute atomic E-state index is 0.0378. The standard InChI is InChI=1S/C15H20N2O4/c1-15(2,12-7-9-16-10-8-12)21-14(18)11-3-5-13(6-4-11)17(19)20/h3-6,12,16H,7-10H2,1-2H3. The average molecular weight is 292 g/mol. The summed E-state index contributed by atoms with van der Waals surface area (Å²) in [6.45, 7) is 5.71. The zero-order valence-corrected chi connectivity index (χ0v) is 12.3. The van der Waals surface area contributed by atoms with Gasteiger partial charge in [0.2, 0.25) is 0 Å². The molecule has 0 spiro atoms. The van der Waals surface area contributed by atoms with Gasteiger partial charge in [-0.2, -0.15) is 0 Å². The van der Waals surface area contributed by atoms with Gasteiger partial charge in [-0.15, -0.1) is 0 Å². The largest absolute Gasteiger partial charge is 0.456 e. The Bertz CT molecular complexity index is 519. The summed E-state index contributed by atoms with van der Waals surface area (Å²) in [5, 5.41) is 13.9. The summed E-state index contributed by atoms with van der Waals surface area (Å²) in [5.74, 6) is -0.117. The van der Waals surface area contributed by atoms with E-state index in [4.69, 9.17) is 4.74 Å². The SMILES string of the molecule is CC(C)(OC(=O)c1ccc([N+](=O)[O-])cc1)C1CCNCC1. The molecule has 0 unspecified atom stereocenters. The number of carbonyl (C=O) groups is 1. The molecule has 114 valence electrons. The van der Waals surface area contributed by atoms with Crippen LogP contribution in [0.25, 0.3) is 0 Å². The second kappa shape index (κ2) is 6.22. The number of nitrogens with zero attached hydrogens (tertiary/aromatic N) is 1. The first-order valence-corrected chi connectivity index (χ1v) is 7.08. The van der Waals surface area contributed by atoms with E-state index in [0.29, 0.717) is 11.5 Å². The molecule has 1 fully saturated rings. The summed E-state index contributed by atoms with van der Waals surface area (Å²) in [4.78, 5) is 22.3. The van der Waals surface area contributed by atoms with Crippen molar-refractivity contribution in [3.63, 3.8) is 0 Å². The van der Waals surface area contributed by atoms with Crippen LogP contribution in [0.1, 0.15) is 37.0 Å². The van der Waals surface area contributed by atoms with E-state index >= 15 is 0 Å². The van der Waals surface area contributed by atoms with E-state index in [1.54, 1.807) is 0 Å². The maximum Gasteiger partial charge on any atom is 0.338 e. The number of nitro groups is 1. The maximum absolute atomic E-state index is 12.2. The number of carbonyl (C=O) groups excluding carboxylic acids is 1. The van der Waals surface area contributed by atoms with Crippen molar-refractivity contribution in [3.8, 4) is 0 Å². The number of non-ortho nitro benzene ring substituents is 1. The molecule has 0 aliphatic carbocycles. The second-order valence-corrected chi connectivity index (χ2v) is 5.82. The fourth-order valence-corrected chi connectivity index (χ4v) is 2.62. The van der Waals surface area contributed by atoms with Crippen LogP contribution in [0.3, 0.4) is 0 Å². The number of nitrogens with one attached hydrogen (secondary N) is 1. The predicted molar refractivity (Wildman–Crippen MR) is 78.2 cm³/mol. The van der Waals surface area contributed by atoms with E-state index in [2.05, 4.69) is 5.32 Å². The van der Waals surface area contributed by atoms with E-state index in [1.807, 2.05) is 13.8 Å². The van der Waals surface area contributed by atoms with Crippen molar-refractivity contribution < 1.29 is 14.5 Å². The summed E-state index contributed by atoms with van der Waals surface area (Å²) in [6, 6.07) is 5.49. The van der Waals surface area contributed by atoms with Crippen molar-refractivity contribution in [2.24, 2.45) is 5.92 Å². The van der Waals surface area contributed by atoms with Crippen LogP contribution in [0.5, 0.6) is 0 Å². The van der Waals surface area contributed by atoms with Gasteiger partial charge in [0.25, 0.3) is 5.69 Å². The van der Waals surface area contributed by atoms with E-state index in [1.165, 1.54) is 24.3 Å². The zero-order valence-electron chi connectivity index (χ0n) is 12.3. The summed E-state index contributed by atoms with van der Waals surface area (Å²) in [7, 11) is 0. The molecule has 1 saturated heterocycles. The molecule has 2 rings (SSSR count). The molecule has 1 aromatic rings. The number of rotatable bonds is 4. The minimum Gasteiger partial charge on any atom is -0.456 e. The Morgan fingerprint density at radius 3 is 2.38 bits per heavy atom. The highest BCUT2D eigenvalue weighted by Crippen LogP contribution is 2.30. The Hall–Kier alpha value is -1.95. The minimum atomic E-state index is -0.541. The summed E-state index contributed by atoms with van der Waals surface area (Å²) >= 11 is 0. The van der Waals surface area contributed by atoms with Crippen LogP contribution in [-0.4, -0.2) is 29.6 Å². The number of piperidine rings is 1. The first kappa shape index (κ1) is 15.4. The molecule has 1 aliphatic heterocycles. The molecule has 0 amide bonds. The quantitative estimate of drug-likeness (QED) is 0.524. The van der Waals surface area contributed by atoms with E-state index < -0.39 is 16.5 Å². The molecule has 0 radical (unpaired) electrons. The highest BCUT2D eigenvalue weighted by molar-refractivity contribution is 5.89. The first-order chi connectivity index (χ1) is 9.90. The number of ether oxygens (including phenoxy) is 1. The van der Waals surface area contributed by atoms with E-state index in [9.17, 15) is 14.9 Å². The van der Waals surface area contributed by atoms with Crippen molar-refractivity contribution in [2.75, 3.05) is 13.1 Å². The molecule has 0 saturated carbocycles. The lowest BCUT2D eigenvalue weighted by Gasteiger charge is -2.36. The molecule has 1 N–H and O–H groups in total. The Morgan fingerprint density at radius 1 is 1.29 bits per heavy atom. The number of esters is 1. The van der Waals surface area contributed by atoms with Crippen LogP contribution in [0.15, 0.2) is 24.3 Å². The number of benzene rings is 1. The third kappa shape index (κ3) is 3.78. The normalized spacial score (nSPS) is 16.5. The smallest absolute Gasteiger partial charge is 0.338 e. The van der Waals surface area contributed by atoms with Crippen LogP contribution in [-0.2, 0) is 4.74 Å². The Morgan fingerprint density at radius 2 is 1.86 bits per heavy atom. The van der Waals surface area contributed by atoms with Gasteiger partial charge in [0, 0.05) is 18.1 Å². The van der Waals surface area contributed by atoms with Crippen LogP contribution in [0.4, 0.5) is 5.69 Å². The monoisotopic (exact) mass is 292 g/mol. The highest BCUT2D eigenvalue weighted by Gasteiger charge is 2.34. The van der Waals surface area contributed by atoms with Gasteiger partial charge < -0.3 is 10.1 Å². The summed E-state index contributed by atoms with van der Waals surface area (Å²) < 4.78 is 5.63. The molecule has 6 heteroatoms. The summed E-state index contributed by atoms with van der Waals surface area (Å²) in [6.07, 6.45) is 1.95. The molecule has 1 aliphatic rings. The van der Waals surface area contributed by atoms with E-state index in [0.717, 1.165) is 25.9 Å². The van der Waals surface area contributed by atoms with Gasteiger partial charge in [-0.25, -0.2) is 4.79 Å². The lowest BCUT2D eigenvalue weighted by atomic mass is 9.83. The van der Waals surface area contributed by atoms with Gasteiger partial charge in [-0.1, -0.05) is 0 Å². The lowest BCUT2D eigenvalue weighted by molar-refractivity contribution is -0.384. The maximum atomic E-state index is 12.2. The Labute approximate surface area is 123 Å². The lowest BCUT2D eigenvalue weighted by Crippen LogP contribution is -2.42. The van der Waals surface area contributed by atoms with Crippen LogP contribution in [0.2, 0.25) is 0 Å². The molecule has 1 heterocycles. The average Bonchev–Trinajstić information content (AvgIpc) is 2.48. The van der Waals surface area contributed by atoms with Crippen LogP contribution >= 0.6 is 0 Å². The van der Waals surface area contributed by atoms with Crippen molar-refractivity contribution >= 4 is 11.7 Å². The van der Waals surface area contributed by atoms with Gasteiger partial charge in [-0.3, -0.25) is 10.1 Å². The third-order valence-electron chi connectivity index (χ3n) is 3.99. The fourth-order valence-electron chi connectivity index (χ4n) is 2.62. The highest BCUT2D eigenvalue weighted by atomic mass is 16.6. The number of nitro benzene ring substituents is 1. The van der Waals surface area contributed by atoms with Gasteiger partial charge in [0.05, 0.1) is 10.5 Å². The van der Waals surface area contributed by atoms with Crippen LogP contribution < -0.4 is 5.32 Å². The summed E-state index contributed by atoms with van der Waals surface area (Å²) in [5.41, 5.74) is -0.243. The van der Waals surface area contributed by atoms with Crippen molar-refractivity contribution in [3.05, 3.63) is 39.9 Å². The molecule has 21 heavy (non-hydrogen) atoms. The zero-order chi connectivity index (χ0) is 15.5. The predicted octanol–water partition coefficient (Wildman–Crippen LogP) is 2.53. The van der Waals surface area contributed by atoms with E-state index in [-0.39, 0.29) is 5.69 Å². The first-order valence-electron chi connectivity index (χ1n) is 7.08. The van der Waals surface area contributed by atoms with Gasteiger partial charge >= 0.3 is 5.97 Å². The Kier molecular flexibility index (Phi) is 4.57. The second-order valence-electron chi connectivity index (χ2n) is 5.82. The van der Waals surface area contributed by atoms with Gasteiger partial charge in [0.1, 0.15) is 5.60 Å². The van der Waals surface area contributed by atoms with Crippen molar-refractivity contribution in [2.45, 2.75) is 32.3 Å². The molecular weight excluding hydrogens is 272 g/mol. The van der Waals surface area contributed by atoms with Crippen molar-refractivity contribution in [1.82, 2.24) is 5.32 Å². The molecule has 0 aromatic heterocycles. The molecule has 1 aromatic carbocycles. The number of hydrogen-bond acceptors (Lipinski definition) is 5. The molecule has 6 nitrogen and oxygen atoms in total.